The molecule has 1 atom stereocenters. The van der Waals surface area contributed by atoms with Crippen LogP contribution in [0.4, 0.5) is 0 Å². The van der Waals surface area contributed by atoms with Crippen LogP contribution in [-0.4, -0.2) is 67.4 Å². The molecule has 5 nitrogen and oxygen atoms in total. The molecule has 0 spiro atoms. The van der Waals surface area contributed by atoms with Crippen molar-refractivity contribution in [2.75, 3.05) is 18.8 Å². The monoisotopic (exact) mass is 248 g/mol. The van der Waals surface area contributed by atoms with Crippen LogP contribution in [0.25, 0.3) is 0 Å². The molecule has 0 bridgehead atoms. The molecule has 0 aromatic carbocycles. The molecule has 0 aromatic rings. The van der Waals surface area contributed by atoms with Crippen molar-refractivity contribution in [3.8, 4) is 0 Å². The molecule has 0 aromatic heterocycles. The van der Waals surface area contributed by atoms with Gasteiger partial charge in [-0.15, -0.1) is 0 Å². The van der Waals surface area contributed by atoms with Crippen LogP contribution in [0.3, 0.4) is 0 Å². The van der Waals surface area contributed by atoms with Gasteiger partial charge >= 0.3 is 29.6 Å². The number of nitrogens with one attached hydrogen (secondary N) is 1. The zero-order valence-corrected chi connectivity index (χ0v) is 9.39. The molecule has 0 saturated carbocycles. The van der Waals surface area contributed by atoms with E-state index in [0.29, 0.717) is 6.54 Å². The Balaban J connectivity index is 0. The standard InChI is InChI=1S/C8H20N2O3S.Na.H/c1-2-3-4-8(9)7-10-5-6-14(11,12)13;;/h8,10H,2-7,9H2,1H3,(H,11,12,13);;. The average Bonchev–Trinajstić information content (AvgIpc) is 2.07. The van der Waals surface area contributed by atoms with Gasteiger partial charge in [-0.2, -0.15) is 8.42 Å². The summed E-state index contributed by atoms with van der Waals surface area (Å²) in [5, 5.41) is 2.89. The molecule has 0 fully saturated rings. The number of rotatable bonds is 8. The van der Waals surface area contributed by atoms with Crippen LogP contribution in [0.5, 0.6) is 0 Å². The van der Waals surface area contributed by atoms with E-state index in [1.54, 1.807) is 0 Å². The Morgan fingerprint density at radius 2 is 2.07 bits per heavy atom. The Morgan fingerprint density at radius 3 is 2.53 bits per heavy atom. The Kier molecular flexibility index (Phi) is 12.2. The Labute approximate surface area is 114 Å². The molecule has 0 rings (SSSR count). The summed E-state index contributed by atoms with van der Waals surface area (Å²) in [6.45, 7) is 2.94. The average molecular weight is 248 g/mol. The van der Waals surface area contributed by atoms with Crippen LogP contribution < -0.4 is 11.1 Å². The van der Waals surface area contributed by atoms with Gasteiger partial charge in [0.2, 0.25) is 0 Å². The predicted octanol–water partition coefficient (Wildman–Crippen LogP) is -0.667. The van der Waals surface area contributed by atoms with Crippen molar-refractivity contribution in [1.82, 2.24) is 5.32 Å². The van der Waals surface area contributed by atoms with E-state index in [2.05, 4.69) is 12.2 Å². The van der Waals surface area contributed by atoms with Gasteiger partial charge in [0, 0.05) is 19.1 Å². The van der Waals surface area contributed by atoms with Gasteiger partial charge in [-0.3, -0.25) is 4.55 Å². The van der Waals surface area contributed by atoms with Crippen molar-refractivity contribution in [2.45, 2.75) is 32.2 Å². The van der Waals surface area contributed by atoms with Gasteiger partial charge < -0.3 is 11.1 Å². The minimum atomic E-state index is -3.84. The van der Waals surface area contributed by atoms with Crippen LogP contribution in [0, 0.1) is 0 Å². The van der Waals surface area contributed by atoms with Gasteiger partial charge in [0.1, 0.15) is 0 Å². The Hall–Kier alpha value is 0.830. The molecule has 1 unspecified atom stereocenters. The zero-order valence-electron chi connectivity index (χ0n) is 8.57. The van der Waals surface area contributed by atoms with Gasteiger partial charge in [-0.25, -0.2) is 0 Å². The molecule has 15 heavy (non-hydrogen) atoms. The summed E-state index contributed by atoms with van der Waals surface area (Å²) in [5.41, 5.74) is 5.74. The first-order chi connectivity index (χ1) is 6.45. The van der Waals surface area contributed by atoms with Gasteiger partial charge in [0.25, 0.3) is 10.1 Å². The van der Waals surface area contributed by atoms with Crippen LogP contribution in [0.1, 0.15) is 26.2 Å². The first-order valence-corrected chi connectivity index (χ1v) is 6.48. The Bertz CT molecular complexity index is 234. The SMILES string of the molecule is CCCCC(N)CNCCS(=O)(=O)O.[NaH]. The van der Waals surface area contributed by atoms with Crippen molar-refractivity contribution in [2.24, 2.45) is 5.73 Å². The fourth-order valence-corrected chi connectivity index (χ4v) is 1.46. The number of hydrogen-bond acceptors (Lipinski definition) is 4. The van der Waals surface area contributed by atoms with E-state index < -0.39 is 10.1 Å². The molecule has 0 radical (unpaired) electrons. The van der Waals surface area contributed by atoms with Crippen LogP contribution in [0.15, 0.2) is 0 Å². The molecule has 0 amide bonds. The van der Waals surface area contributed by atoms with E-state index in [1.807, 2.05) is 0 Å². The van der Waals surface area contributed by atoms with Crippen molar-refractivity contribution < 1.29 is 13.0 Å². The summed E-state index contributed by atoms with van der Waals surface area (Å²) in [5.74, 6) is -0.256. The van der Waals surface area contributed by atoms with Gasteiger partial charge in [-0.1, -0.05) is 19.8 Å². The van der Waals surface area contributed by atoms with Crippen LogP contribution in [0.2, 0.25) is 0 Å². The van der Waals surface area contributed by atoms with Crippen LogP contribution in [-0.2, 0) is 10.1 Å². The van der Waals surface area contributed by atoms with Crippen molar-refractivity contribution in [1.29, 1.82) is 0 Å². The summed E-state index contributed by atoms with van der Waals surface area (Å²) in [4.78, 5) is 0. The maximum absolute atomic E-state index is 10.3. The van der Waals surface area contributed by atoms with E-state index in [9.17, 15) is 8.42 Å². The second kappa shape index (κ2) is 10.0. The molecule has 88 valence electrons. The number of unbranched alkanes of at least 4 members (excludes halogenated alkanes) is 1. The molecule has 0 heterocycles. The summed E-state index contributed by atoms with van der Waals surface area (Å²) in [6, 6.07) is 0.0661. The molecule has 0 aliphatic carbocycles. The molecule has 0 aliphatic rings. The van der Waals surface area contributed by atoms with Gasteiger partial charge in [-0.05, 0) is 6.42 Å². The van der Waals surface area contributed by atoms with Crippen molar-refractivity contribution >= 4 is 39.7 Å². The van der Waals surface area contributed by atoms with E-state index in [4.69, 9.17) is 10.3 Å². The second-order valence-corrected chi connectivity index (χ2v) is 4.96. The first-order valence-electron chi connectivity index (χ1n) is 4.87. The summed E-state index contributed by atoms with van der Waals surface area (Å²) in [7, 11) is -3.84. The Morgan fingerprint density at radius 1 is 1.47 bits per heavy atom. The van der Waals surface area contributed by atoms with Crippen molar-refractivity contribution in [3.63, 3.8) is 0 Å². The molecule has 4 N–H and O–H groups in total. The van der Waals surface area contributed by atoms with E-state index in [-0.39, 0.29) is 47.9 Å². The summed E-state index contributed by atoms with van der Waals surface area (Å²) in [6.07, 6.45) is 3.13. The van der Waals surface area contributed by atoms with Gasteiger partial charge in [0.05, 0.1) is 5.75 Å². The number of nitrogens with two attached hydrogens (primary N) is 1. The van der Waals surface area contributed by atoms with Crippen LogP contribution >= 0.6 is 0 Å². The molecule has 0 aliphatic heterocycles. The third kappa shape index (κ3) is 14.8. The topological polar surface area (TPSA) is 92.4 Å². The van der Waals surface area contributed by atoms with E-state index in [0.717, 1.165) is 19.3 Å². The molecular weight excluding hydrogens is 227 g/mol. The fraction of sp³-hybridized carbons (Fsp3) is 1.00. The third-order valence-electron chi connectivity index (χ3n) is 1.87. The summed E-state index contributed by atoms with van der Waals surface area (Å²) < 4.78 is 29.1. The minimum absolute atomic E-state index is 0. The maximum atomic E-state index is 10.3. The predicted molar refractivity (Wildman–Crippen MR) is 63.9 cm³/mol. The van der Waals surface area contributed by atoms with E-state index in [1.165, 1.54) is 0 Å². The van der Waals surface area contributed by atoms with E-state index >= 15 is 0 Å². The first kappa shape index (κ1) is 18.2. The van der Waals surface area contributed by atoms with Crippen molar-refractivity contribution in [3.05, 3.63) is 0 Å². The third-order valence-corrected chi connectivity index (χ3v) is 2.59. The second-order valence-electron chi connectivity index (χ2n) is 3.39. The fourth-order valence-electron chi connectivity index (χ4n) is 1.06. The molecule has 0 saturated heterocycles. The normalized spacial score (nSPS) is 13.3. The molecule has 7 heteroatoms. The number of hydrogen-bond donors (Lipinski definition) is 3. The zero-order chi connectivity index (χ0) is 11.0. The van der Waals surface area contributed by atoms with Gasteiger partial charge in [0.15, 0.2) is 0 Å². The summed E-state index contributed by atoms with van der Waals surface area (Å²) >= 11 is 0. The molecular formula is C8H21N2NaO3S. The quantitative estimate of drug-likeness (QED) is 0.301.